The van der Waals surface area contributed by atoms with E-state index in [1.54, 1.807) is 6.07 Å². The van der Waals surface area contributed by atoms with Gasteiger partial charge >= 0.3 is 5.97 Å². The summed E-state index contributed by atoms with van der Waals surface area (Å²) in [6, 6.07) is 7.34. The molecular weight excluding hydrogens is 248 g/mol. The number of ketones is 1. The maximum atomic E-state index is 11.6. The number of carbonyl (C=O) groups is 2. The summed E-state index contributed by atoms with van der Waals surface area (Å²) in [5, 5.41) is 9.63. The van der Waals surface area contributed by atoms with E-state index in [1.165, 1.54) is 0 Å². The molecule has 98 valence electrons. The third kappa shape index (κ3) is 2.33. The molecule has 0 spiro atoms. The molecule has 2 rings (SSSR count). The second kappa shape index (κ2) is 4.93. The van der Waals surface area contributed by atoms with E-state index in [-0.39, 0.29) is 5.69 Å². The fraction of sp³-hybridized carbons (Fsp3) is 0.154. The summed E-state index contributed by atoms with van der Waals surface area (Å²) in [7, 11) is 1.09. The van der Waals surface area contributed by atoms with Crippen LogP contribution in [0.25, 0.3) is 11.4 Å². The Kier molecular flexibility index (Phi) is 3.33. The van der Waals surface area contributed by atoms with E-state index < -0.39 is 17.6 Å². The van der Waals surface area contributed by atoms with E-state index in [0.717, 1.165) is 18.2 Å². The second-order valence-electron chi connectivity index (χ2n) is 3.92. The standard InChI is InChI=1S/C13H12N2O4/c1-7-5-3-4-6-8(7)11-14-9(12(17)15-11)10(16)13(18)19-2/h3-6,17H,1-2H3,(H,14,15). The molecule has 0 atom stereocenters. The summed E-state index contributed by atoms with van der Waals surface area (Å²) in [5.74, 6) is -2.22. The number of hydrogen-bond donors (Lipinski definition) is 2. The van der Waals surface area contributed by atoms with Gasteiger partial charge in [-0.2, -0.15) is 4.98 Å². The molecule has 2 N–H and O–H groups in total. The summed E-state index contributed by atoms with van der Waals surface area (Å²) < 4.78 is 4.31. The minimum absolute atomic E-state index is 0.273. The number of methoxy groups -OCH3 is 1. The van der Waals surface area contributed by atoms with Gasteiger partial charge in [-0.3, -0.25) is 4.79 Å². The third-order valence-corrected chi connectivity index (χ3v) is 2.68. The van der Waals surface area contributed by atoms with Gasteiger partial charge in [0.05, 0.1) is 7.11 Å². The summed E-state index contributed by atoms with van der Waals surface area (Å²) in [4.78, 5) is 29.3. The summed E-state index contributed by atoms with van der Waals surface area (Å²) >= 11 is 0. The molecule has 0 saturated heterocycles. The molecule has 19 heavy (non-hydrogen) atoms. The molecule has 0 aliphatic carbocycles. The zero-order valence-electron chi connectivity index (χ0n) is 10.4. The van der Waals surface area contributed by atoms with Crippen molar-refractivity contribution in [3.8, 4) is 17.3 Å². The fourth-order valence-electron chi connectivity index (χ4n) is 1.68. The van der Waals surface area contributed by atoms with Gasteiger partial charge in [0.25, 0.3) is 5.78 Å². The molecule has 0 amide bonds. The summed E-state index contributed by atoms with van der Waals surface area (Å²) in [6.07, 6.45) is 0. The lowest BCUT2D eigenvalue weighted by Crippen LogP contribution is -2.16. The van der Waals surface area contributed by atoms with Crippen molar-refractivity contribution in [2.75, 3.05) is 7.11 Å². The monoisotopic (exact) mass is 260 g/mol. The zero-order chi connectivity index (χ0) is 14.0. The van der Waals surface area contributed by atoms with Crippen LogP contribution in [-0.4, -0.2) is 33.9 Å². The van der Waals surface area contributed by atoms with Gasteiger partial charge in [0.1, 0.15) is 5.82 Å². The first-order chi connectivity index (χ1) is 9.04. The number of Topliss-reactive ketones (excluding diaryl/α,β-unsaturated/α-hetero) is 1. The number of rotatable bonds is 3. The Labute approximate surface area is 109 Å². The number of aromatic nitrogens is 2. The number of benzene rings is 1. The first-order valence-electron chi connectivity index (χ1n) is 5.52. The van der Waals surface area contributed by atoms with Crippen LogP contribution < -0.4 is 0 Å². The van der Waals surface area contributed by atoms with E-state index >= 15 is 0 Å². The largest absolute Gasteiger partial charge is 0.492 e. The minimum atomic E-state index is -1.06. The van der Waals surface area contributed by atoms with Crippen molar-refractivity contribution >= 4 is 11.8 Å². The van der Waals surface area contributed by atoms with Crippen molar-refractivity contribution in [2.45, 2.75) is 6.92 Å². The number of ether oxygens (including phenoxy) is 1. The molecule has 0 saturated carbocycles. The Bertz CT molecular complexity index is 646. The summed E-state index contributed by atoms with van der Waals surface area (Å²) in [5.41, 5.74) is 1.39. The average molecular weight is 260 g/mol. The molecule has 0 fully saturated rings. The number of hydrogen-bond acceptors (Lipinski definition) is 5. The molecule has 0 bridgehead atoms. The Balaban J connectivity index is 2.45. The van der Waals surface area contributed by atoms with Gasteiger partial charge in [-0.1, -0.05) is 24.3 Å². The SMILES string of the molecule is COC(=O)C(=O)c1[nH]c(-c2ccccc2C)nc1O. The maximum absolute atomic E-state index is 11.6. The third-order valence-electron chi connectivity index (χ3n) is 2.68. The van der Waals surface area contributed by atoms with Crippen LogP contribution in [0, 0.1) is 6.92 Å². The predicted octanol–water partition coefficient (Wildman–Crippen LogP) is 1.45. The van der Waals surface area contributed by atoms with Gasteiger partial charge < -0.3 is 14.8 Å². The molecule has 1 aromatic heterocycles. The second-order valence-corrected chi connectivity index (χ2v) is 3.92. The Morgan fingerprint density at radius 1 is 1.32 bits per heavy atom. The van der Waals surface area contributed by atoms with Crippen LogP contribution in [0.5, 0.6) is 5.88 Å². The number of esters is 1. The van der Waals surface area contributed by atoms with Crippen molar-refractivity contribution in [2.24, 2.45) is 0 Å². The molecule has 1 aromatic carbocycles. The molecule has 0 radical (unpaired) electrons. The lowest BCUT2D eigenvalue weighted by atomic mass is 10.1. The highest BCUT2D eigenvalue weighted by Crippen LogP contribution is 2.24. The van der Waals surface area contributed by atoms with Gasteiger partial charge in [0.15, 0.2) is 5.69 Å². The van der Waals surface area contributed by atoms with E-state index in [1.807, 2.05) is 25.1 Å². The first kappa shape index (κ1) is 12.8. The molecule has 0 unspecified atom stereocenters. The van der Waals surface area contributed by atoms with Crippen LogP contribution >= 0.6 is 0 Å². The molecule has 0 aliphatic rings. The van der Waals surface area contributed by atoms with Crippen LogP contribution in [0.1, 0.15) is 16.1 Å². The van der Waals surface area contributed by atoms with Crippen molar-refractivity contribution in [1.82, 2.24) is 9.97 Å². The Morgan fingerprint density at radius 3 is 2.63 bits per heavy atom. The lowest BCUT2D eigenvalue weighted by molar-refractivity contribution is -0.135. The zero-order valence-corrected chi connectivity index (χ0v) is 10.4. The van der Waals surface area contributed by atoms with E-state index in [9.17, 15) is 14.7 Å². The highest BCUT2D eigenvalue weighted by atomic mass is 16.5. The van der Waals surface area contributed by atoms with Crippen LogP contribution in [0.2, 0.25) is 0 Å². The smallest absolute Gasteiger partial charge is 0.381 e. The van der Waals surface area contributed by atoms with Gasteiger partial charge in [0.2, 0.25) is 5.88 Å². The Morgan fingerprint density at radius 2 is 2.00 bits per heavy atom. The lowest BCUT2D eigenvalue weighted by Gasteiger charge is -2.00. The van der Waals surface area contributed by atoms with Crippen LogP contribution in [0.3, 0.4) is 0 Å². The van der Waals surface area contributed by atoms with Crippen LogP contribution in [0.15, 0.2) is 24.3 Å². The van der Waals surface area contributed by atoms with Gasteiger partial charge in [-0.15, -0.1) is 0 Å². The number of aromatic hydroxyl groups is 1. The topological polar surface area (TPSA) is 92.3 Å². The molecule has 0 aliphatic heterocycles. The first-order valence-corrected chi connectivity index (χ1v) is 5.52. The van der Waals surface area contributed by atoms with Gasteiger partial charge in [0, 0.05) is 5.56 Å². The number of aromatic amines is 1. The number of nitrogens with one attached hydrogen (secondary N) is 1. The number of nitrogens with zero attached hydrogens (tertiary/aromatic N) is 1. The maximum Gasteiger partial charge on any atom is 0.381 e. The van der Waals surface area contributed by atoms with E-state index in [2.05, 4.69) is 14.7 Å². The van der Waals surface area contributed by atoms with Gasteiger partial charge in [-0.25, -0.2) is 4.79 Å². The number of imidazole rings is 1. The van der Waals surface area contributed by atoms with Crippen molar-refractivity contribution in [3.63, 3.8) is 0 Å². The number of H-pyrrole nitrogens is 1. The van der Waals surface area contributed by atoms with Crippen LogP contribution in [-0.2, 0) is 9.53 Å². The Hall–Kier alpha value is -2.63. The highest BCUT2D eigenvalue weighted by molar-refractivity contribution is 6.40. The summed E-state index contributed by atoms with van der Waals surface area (Å²) in [6.45, 7) is 1.87. The number of aryl methyl sites for hydroxylation is 1. The van der Waals surface area contributed by atoms with Gasteiger partial charge in [-0.05, 0) is 12.5 Å². The quantitative estimate of drug-likeness (QED) is 0.495. The van der Waals surface area contributed by atoms with E-state index in [0.29, 0.717) is 5.82 Å². The highest BCUT2D eigenvalue weighted by Gasteiger charge is 2.24. The molecule has 1 heterocycles. The molecule has 6 heteroatoms. The van der Waals surface area contributed by atoms with Crippen molar-refractivity contribution in [1.29, 1.82) is 0 Å². The fourth-order valence-corrected chi connectivity index (χ4v) is 1.68. The molecule has 2 aromatic rings. The van der Waals surface area contributed by atoms with Crippen molar-refractivity contribution in [3.05, 3.63) is 35.5 Å². The average Bonchev–Trinajstić information content (AvgIpc) is 2.79. The molecular formula is C13H12N2O4. The molecule has 6 nitrogen and oxygen atoms in total. The predicted molar refractivity (Wildman–Crippen MR) is 66.8 cm³/mol. The van der Waals surface area contributed by atoms with Crippen LogP contribution in [0.4, 0.5) is 0 Å². The van der Waals surface area contributed by atoms with E-state index in [4.69, 9.17) is 0 Å². The number of carbonyl (C=O) groups excluding carboxylic acids is 2. The van der Waals surface area contributed by atoms with Crippen molar-refractivity contribution < 1.29 is 19.4 Å². The minimum Gasteiger partial charge on any atom is -0.492 e. The normalized spacial score (nSPS) is 10.2.